The van der Waals surface area contributed by atoms with E-state index < -0.39 is 0 Å². The molecule has 34 heavy (non-hydrogen) atoms. The van der Waals surface area contributed by atoms with Crippen LogP contribution in [-0.2, 0) is 17.8 Å². The molecule has 3 aromatic rings. The number of piperazine rings is 1. The molecule has 4 rings (SSSR count). The van der Waals surface area contributed by atoms with Crippen molar-refractivity contribution in [2.75, 3.05) is 38.0 Å². The fourth-order valence-corrected chi connectivity index (χ4v) is 4.62. The highest BCUT2D eigenvalue weighted by Gasteiger charge is 2.25. The Kier molecular flexibility index (Phi) is 7.92. The van der Waals surface area contributed by atoms with Crippen molar-refractivity contribution in [1.29, 1.82) is 0 Å². The predicted molar refractivity (Wildman–Crippen MR) is 134 cm³/mol. The molecule has 1 aliphatic rings. The number of carbonyl (C=O) groups is 2. The number of hydrogen-bond donors (Lipinski definition) is 1. The van der Waals surface area contributed by atoms with E-state index in [1.807, 2.05) is 59.7 Å². The molecular formula is C26H30N4O3S. The molecule has 0 radical (unpaired) electrons. The highest BCUT2D eigenvalue weighted by molar-refractivity contribution is 7.09. The zero-order valence-electron chi connectivity index (χ0n) is 19.6. The molecule has 1 fully saturated rings. The summed E-state index contributed by atoms with van der Waals surface area (Å²) in [6.07, 6.45) is 0.867. The topological polar surface area (TPSA) is 74.8 Å². The van der Waals surface area contributed by atoms with Gasteiger partial charge in [0.25, 0.3) is 5.91 Å². The molecule has 178 valence electrons. The summed E-state index contributed by atoms with van der Waals surface area (Å²) in [5.74, 6) is 0.484. The van der Waals surface area contributed by atoms with Gasteiger partial charge in [-0.25, -0.2) is 4.98 Å². The third kappa shape index (κ3) is 6.01. The smallest absolute Gasteiger partial charge is 0.257 e. The monoisotopic (exact) mass is 478 g/mol. The van der Waals surface area contributed by atoms with Gasteiger partial charge in [0, 0.05) is 37.2 Å². The van der Waals surface area contributed by atoms with Gasteiger partial charge in [-0.05, 0) is 37.1 Å². The Labute approximate surface area is 204 Å². The number of ether oxygens (including phenoxy) is 1. The average Bonchev–Trinajstić information content (AvgIpc) is 3.28. The molecular weight excluding hydrogens is 448 g/mol. The maximum Gasteiger partial charge on any atom is 0.257 e. The largest absolute Gasteiger partial charge is 0.486 e. The summed E-state index contributed by atoms with van der Waals surface area (Å²) in [4.78, 5) is 34.1. The molecule has 1 saturated heterocycles. The van der Waals surface area contributed by atoms with Gasteiger partial charge < -0.3 is 15.0 Å². The summed E-state index contributed by atoms with van der Waals surface area (Å²) in [5.41, 5.74) is 3.40. The van der Waals surface area contributed by atoms with Gasteiger partial charge in [-0.2, -0.15) is 0 Å². The van der Waals surface area contributed by atoms with Crippen LogP contribution in [0.4, 0.5) is 5.69 Å². The first-order valence-electron chi connectivity index (χ1n) is 11.6. The molecule has 2 amide bonds. The van der Waals surface area contributed by atoms with Crippen LogP contribution in [0.3, 0.4) is 0 Å². The molecule has 2 aromatic carbocycles. The number of nitrogens with one attached hydrogen (secondary N) is 1. The maximum absolute atomic E-state index is 13.2. The summed E-state index contributed by atoms with van der Waals surface area (Å²) in [5, 5.41) is 5.98. The Morgan fingerprint density at radius 1 is 1.06 bits per heavy atom. The van der Waals surface area contributed by atoms with Crippen LogP contribution in [0.2, 0.25) is 0 Å². The lowest BCUT2D eigenvalue weighted by molar-refractivity contribution is -0.117. The predicted octanol–water partition coefficient (Wildman–Crippen LogP) is 3.99. The van der Waals surface area contributed by atoms with Crippen LogP contribution in [0.5, 0.6) is 5.75 Å². The summed E-state index contributed by atoms with van der Waals surface area (Å²) in [6, 6.07) is 15.2. The highest BCUT2D eigenvalue weighted by Crippen LogP contribution is 2.22. The number of carbonyl (C=O) groups excluding carboxylic acids is 2. The van der Waals surface area contributed by atoms with Crippen LogP contribution < -0.4 is 10.1 Å². The fourth-order valence-electron chi connectivity index (χ4n) is 4.02. The van der Waals surface area contributed by atoms with Gasteiger partial charge in [0.2, 0.25) is 5.91 Å². The van der Waals surface area contributed by atoms with Crippen LogP contribution in [0.1, 0.15) is 33.5 Å². The molecule has 8 heteroatoms. The molecule has 0 unspecified atom stereocenters. The van der Waals surface area contributed by atoms with E-state index in [9.17, 15) is 9.59 Å². The fraction of sp³-hybridized carbons (Fsp3) is 0.346. The maximum atomic E-state index is 13.2. The molecule has 0 atom stereocenters. The second-order valence-corrected chi connectivity index (χ2v) is 9.33. The first-order valence-corrected chi connectivity index (χ1v) is 12.4. The van der Waals surface area contributed by atoms with Crippen molar-refractivity contribution in [3.63, 3.8) is 0 Å². The minimum absolute atomic E-state index is 0.0308. The third-order valence-corrected chi connectivity index (χ3v) is 6.68. The quantitative estimate of drug-likeness (QED) is 0.530. The second kappa shape index (κ2) is 11.3. The lowest BCUT2D eigenvalue weighted by atomic mass is 10.1. The number of aryl methyl sites for hydroxylation is 2. The van der Waals surface area contributed by atoms with Gasteiger partial charge in [-0.15, -0.1) is 11.3 Å². The summed E-state index contributed by atoms with van der Waals surface area (Å²) in [7, 11) is 0. The number of hydrogen-bond acceptors (Lipinski definition) is 6. The number of anilines is 1. The van der Waals surface area contributed by atoms with Crippen LogP contribution in [0.15, 0.2) is 53.9 Å². The lowest BCUT2D eigenvalue weighted by Crippen LogP contribution is -2.50. The van der Waals surface area contributed by atoms with Crippen molar-refractivity contribution in [1.82, 2.24) is 14.8 Å². The van der Waals surface area contributed by atoms with E-state index >= 15 is 0 Å². The van der Waals surface area contributed by atoms with E-state index in [2.05, 4.69) is 22.1 Å². The van der Waals surface area contributed by atoms with Crippen molar-refractivity contribution in [2.24, 2.45) is 0 Å². The molecule has 0 aliphatic carbocycles. The summed E-state index contributed by atoms with van der Waals surface area (Å²) < 4.78 is 5.93. The standard InChI is InChI=1S/C26H30N4O3S/c1-3-20-8-4-6-10-23(20)28-25(31)16-29-12-14-30(15-13-29)26(32)22-9-5-7-11-24(22)33-17-21-18-34-19(2)27-21/h4-11,18H,3,12-17H2,1-2H3,(H,28,31). The van der Waals surface area contributed by atoms with Gasteiger partial charge in [0.15, 0.2) is 0 Å². The van der Waals surface area contributed by atoms with Gasteiger partial charge in [0.1, 0.15) is 12.4 Å². The number of nitrogens with zero attached hydrogens (tertiary/aromatic N) is 3. The van der Waals surface area contributed by atoms with Crippen molar-refractivity contribution < 1.29 is 14.3 Å². The van der Waals surface area contributed by atoms with E-state index in [0.29, 0.717) is 50.6 Å². The number of aromatic nitrogens is 1. The number of rotatable bonds is 8. The zero-order chi connectivity index (χ0) is 23.9. The Balaban J connectivity index is 1.30. The molecule has 0 bridgehead atoms. The minimum atomic E-state index is -0.0500. The van der Waals surface area contributed by atoms with E-state index in [1.165, 1.54) is 0 Å². The third-order valence-electron chi connectivity index (χ3n) is 5.86. The molecule has 1 aliphatic heterocycles. The number of para-hydroxylation sites is 2. The first-order chi connectivity index (χ1) is 16.5. The van der Waals surface area contributed by atoms with Crippen LogP contribution in [0.25, 0.3) is 0 Å². The van der Waals surface area contributed by atoms with E-state index in [0.717, 1.165) is 28.4 Å². The Morgan fingerprint density at radius 3 is 2.53 bits per heavy atom. The van der Waals surface area contributed by atoms with Crippen molar-refractivity contribution in [2.45, 2.75) is 26.9 Å². The first kappa shape index (κ1) is 23.9. The lowest BCUT2D eigenvalue weighted by Gasteiger charge is -2.34. The normalized spacial score (nSPS) is 14.1. The molecule has 2 heterocycles. The molecule has 0 saturated carbocycles. The highest BCUT2D eigenvalue weighted by atomic mass is 32.1. The van der Waals surface area contributed by atoms with Crippen LogP contribution in [0, 0.1) is 6.92 Å². The SMILES string of the molecule is CCc1ccccc1NC(=O)CN1CCN(C(=O)c2ccccc2OCc2csc(C)n2)CC1. The van der Waals surface area contributed by atoms with E-state index in [-0.39, 0.29) is 11.8 Å². The Morgan fingerprint density at radius 2 is 1.79 bits per heavy atom. The van der Waals surface area contributed by atoms with Gasteiger partial charge in [0.05, 0.1) is 22.8 Å². The second-order valence-electron chi connectivity index (χ2n) is 8.27. The molecule has 1 N–H and O–H groups in total. The van der Waals surface area contributed by atoms with Gasteiger partial charge in [-0.3, -0.25) is 14.5 Å². The number of benzene rings is 2. The van der Waals surface area contributed by atoms with Crippen LogP contribution in [-0.4, -0.2) is 59.3 Å². The zero-order valence-corrected chi connectivity index (χ0v) is 20.4. The van der Waals surface area contributed by atoms with E-state index in [4.69, 9.17) is 4.74 Å². The van der Waals surface area contributed by atoms with E-state index in [1.54, 1.807) is 17.4 Å². The van der Waals surface area contributed by atoms with Crippen molar-refractivity contribution in [3.8, 4) is 5.75 Å². The van der Waals surface area contributed by atoms with Gasteiger partial charge >= 0.3 is 0 Å². The van der Waals surface area contributed by atoms with Gasteiger partial charge in [-0.1, -0.05) is 37.3 Å². The molecule has 7 nitrogen and oxygen atoms in total. The van der Waals surface area contributed by atoms with Crippen molar-refractivity contribution in [3.05, 3.63) is 75.7 Å². The van der Waals surface area contributed by atoms with Crippen LogP contribution >= 0.6 is 11.3 Å². The molecule has 1 aromatic heterocycles. The Bertz CT molecular complexity index is 1140. The Hall–Kier alpha value is -3.23. The average molecular weight is 479 g/mol. The number of thiazole rings is 1. The molecule has 0 spiro atoms. The summed E-state index contributed by atoms with van der Waals surface area (Å²) in [6.45, 7) is 7.11. The van der Waals surface area contributed by atoms with Crippen molar-refractivity contribution >= 4 is 28.8 Å². The minimum Gasteiger partial charge on any atom is -0.486 e. The number of amides is 2. The summed E-state index contributed by atoms with van der Waals surface area (Å²) >= 11 is 1.58.